The van der Waals surface area contributed by atoms with Gasteiger partial charge in [-0.3, -0.25) is 0 Å². The number of carboxylic acid groups (broad SMARTS) is 1. The number of thioether (sulfide) groups is 1. The first-order valence-corrected chi connectivity index (χ1v) is 6.93. The van der Waals surface area contributed by atoms with E-state index in [2.05, 4.69) is 0 Å². The second-order valence-corrected chi connectivity index (χ2v) is 5.19. The molecule has 0 saturated carbocycles. The van der Waals surface area contributed by atoms with Gasteiger partial charge in [0.15, 0.2) is 0 Å². The highest BCUT2D eigenvalue weighted by molar-refractivity contribution is 7.98. The van der Waals surface area contributed by atoms with Gasteiger partial charge in [-0.25, -0.2) is 4.79 Å². The van der Waals surface area contributed by atoms with Crippen molar-refractivity contribution in [2.75, 3.05) is 12.4 Å². The van der Waals surface area contributed by atoms with Gasteiger partial charge < -0.3 is 9.84 Å². The number of hydrogen-bond acceptors (Lipinski definition) is 3. The first kappa shape index (κ1) is 12.5. The van der Waals surface area contributed by atoms with Crippen LogP contribution in [0.1, 0.15) is 28.8 Å². The summed E-state index contributed by atoms with van der Waals surface area (Å²) in [5, 5.41) is 8.88. The maximum atomic E-state index is 10.8. The Kier molecular flexibility index (Phi) is 4.45. The first-order valence-electron chi connectivity index (χ1n) is 5.77. The Morgan fingerprint density at radius 3 is 3.12 bits per heavy atom. The summed E-state index contributed by atoms with van der Waals surface area (Å²) in [6.07, 6.45) is 2.71. The van der Waals surface area contributed by atoms with Crippen LogP contribution in [0.25, 0.3) is 0 Å². The van der Waals surface area contributed by atoms with E-state index in [1.807, 2.05) is 6.07 Å². The fourth-order valence-corrected chi connectivity index (χ4v) is 2.94. The fourth-order valence-electron chi connectivity index (χ4n) is 1.88. The molecule has 1 N–H and O–H groups in total. The molecule has 1 aromatic rings. The molecule has 1 atom stereocenters. The van der Waals surface area contributed by atoms with Gasteiger partial charge in [-0.15, -0.1) is 0 Å². The Balaban J connectivity index is 1.81. The molecule has 92 valence electrons. The summed E-state index contributed by atoms with van der Waals surface area (Å²) in [7, 11) is 0. The van der Waals surface area contributed by atoms with Gasteiger partial charge >= 0.3 is 5.97 Å². The van der Waals surface area contributed by atoms with E-state index in [-0.39, 0.29) is 0 Å². The molecule has 1 heterocycles. The minimum absolute atomic E-state index is 0.361. The lowest BCUT2D eigenvalue weighted by atomic mass is 10.1. The average molecular weight is 252 g/mol. The van der Waals surface area contributed by atoms with Crippen LogP contribution in [0.2, 0.25) is 0 Å². The predicted octanol–water partition coefficient (Wildman–Crippen LogP) is 2.80. The molecule has 0 aromatic heterocycles. The van der Waals surface area contributed by atoms with Crippen LogP contribution in [0.15, 0.2) is 24.3 Å². The molecular weight excluding hydrogens is 236 g/mol. The zero-order valence-electron chi connectivity index (χ0n) is 9.59. The van der Waals surface area contributed by atoms with Crippen molar-refractivity contribution in [1.82, 2.24) is 0 Å². The van der Waals surface area contributed by atoms with Gasteiger partial charge in [-0.2, -0.15) is 11.8 Å². The third-order valence-electron chi connectivity index (χ3n) is 2.77. The van der Waals surface area contributed by atoms with Crippen LogP contribution in [-0.4, -0.2) is 29.5 Å². The standard InChI is InChI=1S/C13H16O3S/c14-13(15)11-4-1-3-10(7-11)8-17-9-12-5-2-6-16-12/h1,3-4,7,12H,2,5-6,8-9H2,(H,14,15). The molecule has 0 amide bonds. The molecule has 1 fully saturated rings. The van der Waals surface area contributed by atoms with Crippen molar-refractivity contribution in [1.29, 1.82) is 0 Å². The minimum atomic E-state index is -0.865. The van der Waals surface area contributed by atoms with Crippen molar-refractivity contribution in [2.24, 2.45) is 0 Å². The van der Waals surface area contributed by atoms with Crippen molar-refractivity contribution in [3.63, 3.8) is 0 Å². The Hall–Kier alpha value is -1.00. The van der Waals surface area contributed by atoms with Crippen LogP contribution in [0.4, 0.5) is 0 Å². The summed E-state index contributed by atoms with van der Waals surface area (Å²) in [4.78, 5) is 10.8. The second kappa shape index (κ2) is 6.07. The Morgan fingerprint density at radius 1 is 1.53 bits per heavy atom. The molecule has 4 heteroatoms. The highest BCUT2D eigenvalue weighted by atomic mass is 32.2. The SMILES string of the molecule is O=C(O)c1cccc(CSCC2CCCO2)c1. The van der Waals surface area contributed by atoms with Crippen molar-refractivity contribution >= 4 is 17.7 Å². The summed E-state index contributed by atoms with van der Waals surface area (Å²) >= 11 is 1.81. The van der Waals surface area contributed by atoms with E-state index >= 15 is 0 Å². The quantitative estimate of drug-likeness (QED) is 0.875. The molecule has 0 spiro atoms. The molecule has 1 aliphatic heterocycles. The number of carboxylic acids is 1. The van der Waals surface area contributed by atoms with Crippen molar-refractivity contribution < 1.29 is 14.6 Å². The molecule has 1 saturated heterocycles. The van der Waals surface area contributed by atoms with Gasteiger partial charge in [0.1, 0.15) is 0 Å². The zero-order chi connectivity index (χ0) is 12.1. The first-order chi connectivity index (χ1) is 8.25. The molecular formula is C13H16O3S. The van der Waals surface area contributed by atoms with Gasteiger partial charge in [0.25, 0.3) is 0 Å². The smallest absolute Gasteiger partial charge is 0.335 e. The third kappa shape index (κ3) is 3.75. The third-order valence-corrected chi connectivity index (χ3v) is 3.92. The van der Waals surface area contributed by atoms with Gasteiger partial charge in [-0.05, 0) is 30.5 Å². The molecule has 0 bridgehead atoms. The van der Waals surface area contributed by atoms with Crippen LogP contribution < -0.4 is 0 Å². The number of ether oxygens (including phenoxy) is 1. The molecule has 3 nitrogen and oxygen atoms in total. The van der Waals surface area contributed by atoms with Crippen LogP contribution in [0, 0.1) is 0 Å². The Morgan fingerprint density at radius 2 is 2.41 bits per heavy atom. The maximum absolute atomic E-state index is 10.8. The molecule has 0 radical (unpaired) electrons. The van der Waals surface area contributed by atoms with E-state index in [1.54, 1.807) is 30.0 Å². The van der Waals surface area contributed by atoms with E-state index < -0.39 is 5.97 Å². The van der Waals surface area contributed by atoms with Crippen LogP contribution in [0.3, 0.4) is 0 Å². The largest absolute Gasteiger partial charge is 0.478 e. The lowest BCUT2D eigenvalue weighted by molar-refractivity contribution is 0.0696. The summed E-state index contributed by atoms with van der Waals surface area (Å²) in [6.45, 7) is 0.889. The number of benzene rings is 1. The van der Waals surface area contributed by atoms with E-state index in [4.69, 9.17) is 9.84 Å². The second-order valence-electron chi connectivity index (χ2n) is 4.16. The van der Waals surface area contributed by atoms with E-state index in [0.717, 1.165) is 30.1 Å². The zero-order valence-corrected chi connectivity index (χ0v) is 10.4. The normalized spacial score (nSPS) is 19.4. The molecule has 2 rings (SSSR count). The van der Waals surface area contributed by atoms with Gasteiger partial charge in [0, 0.05) is 18.1 Å². The summed E-state index contributed by atoms with van der Waals surface area (Å²) in [5.41, 5.74) is 1.42. The lowest BCUT2D eigenvalue weighted by Crippen LogP contribution is -2.08. The Labute approximate surface area is 105 Å². The fraction of sp³-hybridized carbons (Fsp3) is 0.462. The monoisotopic (exact) mass is 252 g/mol. The van der Waals surface area contributed by atoms with Crippen molar-refractivity contribution in [3.8, 4) is 0 Å². The van der Waals surface area contributed by atoms with Crippen molar-refractivity contribution in [3.05, 3.63) is 35.4 Å². The summed E-state index contributed by atoms with van der Waals surface area (Å²) in [6, 6.07) is 7.13. The average Bonchev–Trinajstić information content (AvgIpc) is 2.82. The lowest BCUT2D eigenvalue weighted by Gasteiger charge is -2.08. The van der Waals surface area contributed by atoms with Gasteiger partial charge in [0.2, 0.25) is 0 Å². The van der Waals surface area contributed by atoms with E-state index in [0.29, 0.717) is 11.7 Å². The molecule has 17 heavy (non-hydrogen) atoms. The van der Waals surface area contributed by atoms with Crippen LogP contribution in [-0.2, 0) is 10.5 Å². The summed E-state index contributed by atoms with van der Waals surface area (Å²) in [5.74, 6) is 0.981. The van der Waals surface area contributed by atoms with Gasteiger partial charge in [0.05, 0.1) is 11.7 Å². The molecule has 0 aliphatic carbocycles. The number of rotatable bonds is 5. The number of aromatic carboxylic acids is 1. The van der Waals surface area contributed by atoms with Crippen LogP contribution in [0.5, 0.6) is 0 Å². The van der Waals surface area contributed by atoms with E-state index in [9.17, 15) is 4.79 Å². The molecule has 1 aromatic carbocycles. The summed E-state index contributed by atoms with van der Waals surface area (Å²) < 4.78 is 5.54. The molecule has 1 aliphatic rings. The van der Waals surface area contributed by atoms with E-state index in [1.165, 1.54) is 6.42 Å². The van der Waals surface area contributed by atoms with Crippen LogP contribution >= 0.6 is 11.8 Å². The predicted molar refractivity (Wildman–Crippen MR) is 68.5 cm³/mol. The topological polar surface area (TPSA) is 46.5 Å². The maximum Gasteiger partial charge on any atom is 0.335 e. The number of hydrogen-bond donors (Lipinski definition) is 1. The Bertz CT molecular complexity index is 386. The molecule has 1 unspecified atom stereocenters. The highest BCUT2D eigenvalue weighted by Gasteiger charge is 2.15. The minimum Gasteiger partial charge on any atom is -0.478 e. The van der Waals surface area contributed by atoms with Crippen molar-refractivity contribution in [2.45, 2.75) is 24.7 Å². The van der Waals surface area contributed by atoms with Gasteiger partial charge in [-0.1, -0.05) is 12.1 Å². The highest BCUT2D eigenvalue weighted by Crippen LogP contribution is 2.20. The number of carbonyl (C=O) groups is 1.